The van der Waals surface area contributed by atoms with E-state index in [9.17, 15) is 21.6 Å². The van der Waals surface area contributed by atoms with Crippen molar-refractivity contribution in [3.63, 3.8) is 0 Å². The third-order valence-electron chi connectivity index (χ3n) is 7.07. The lowest BCUT2D eigenvalue weighted by atomic mass is 10.0. The van der Waals surface area contributed by atoms with Crippen LogP contribution in [0.2, 0.25) is 0 Å². The van der Waals surface area contributed by atoms with Gasteiger partial charge in [0.15, 0.2) is 9.84 Å². The number of rotatable bonds is 9. The Kier molecular flexibility index (Phi) is 7.59. The summed E-state index contributed by atoms with van der Waals surface area (Å²) in [7, 11) is -1.21. The van der Waals surface area contributed by atoms with Crippen molar-refractivity contribution in [3.8, 4) is 11.4 Å². The number of aromatic amines is 1. The lowest BCUT2D eigenvalue weighted by Crippen LogP contribution is -2.36. The van der Waals surface area contributed by atoms with E-state index < -0.39 is 22.6 Å². The van der Waals surface area contributed by atoms with Crippen molar-refractivity contribution >= 4 is 32.1 Å². The first-order chi connectivity index (χ1) is 18.6. The summed E-state index contributed by atoms with van der Waals surface area (Å²) in [6, 6.07) is 15.2. The fourth-order valence-electron chi connectivity index (χ4n) is 4.93. The van der Waals surface area contributed by atoms with Crippen LogP contribution in [0.1, 0.15) is 24.8 Å². The van der Waals surface area contributed by atoms with Gasteiger partial charge in [-0.3, -0.25) is 5.10 Å². The molecular formula is C27H31F3N6O2S. The van der Waals surface area contributed by atoms with Gasteiger partial charge in [0.05, 0.1) is 28.3 Å². The Balaban J connectivity index is 1.42. The summed E-state index contributed by atoms with van der Waals surface area (Å²) in [5.74, 6) is 0. The minimum atomic E-state index is -3.29. The maximum atomic E-state index is 15.0. The van der Waals surface area contributed by atoms with Crippen LogP contribution in [0, 0.1) is 0 Å². The second kappa shape index (κ2) is 10.9. The minimum absolute atomic E-state index is 0.217. The summed E-state index contributed by atoms with van der Waals surface area (Å²) in [6.45, 7) is 2.23. The molecule has 8 nitrogen and oxygen atoms in total. The molecule has 1 saturated heterocycles. The topological polar surface area (TPSA) is 95.0 Å². The van der Waals surface area contributed by atoms with Crippen molar-refractivity contribution < 1.29 is 21.6 Å². The number of benzene rings is 2. The molecule has 5 rings (SSSR count). The number of nitrogens with one attached hydrogen (secondary N) is 3. The molecule has 2 aromatic carbocycles. The number of sulfone groups is 1. The third-order valence-corrected chi connectivity index (χ3v) is 8.20. The SMILES string of the molecule is CN1CCC(Nc2cccc3c2cc(-c2cc(CNc4ccc(S(C)(=O)=O)cc4)[nH]n2)n3C(F)C(F)F)CC1. The lowest BCUT2D eigenvalue weighted by molar-refractivity contribution is 0.0115. The zero-order chi connectivity index (χ0) is 27.7. The number of aromatic nitrogens is 3. The number of H-pyrrole nitrogens is 1. The lowest BCUT2D eigenvalue weighted by Gasteiger charge is -2.30. The van der Waals surface area contributed by atoms with E-state index in [1.807, 2.05) is 6.07 Å². The first kappa shape index (κ1) is 27.1. The number of nitrogens with zero attached hydrogens (tertiary/aromatic N) is 3. The van der Waals surface area contributed by atoms with E-state index in [1.165, 1.54) is 12.1 Å². The van der Waals surface area contributed by atoms with Gasteiger partial charge in [0, 0.05) is 29.1 Å². The molecule has 0 radical (unpaired) electrons. The van der Waals surface area contributed by atoms with Crippen LogP contribution >= 0.6 is 0 Å². The van der Waals surface area contributed by atoms with Crippen molar-refractivity contribution in [2.24, 2.45) is 0 Å². The molecule has 4 aromatic rings. The Labute approximate surface area is 225 Å². The first-order valence-electron chi connectivity index (χ1n) is 12.7. The molecule has 0 spiro atoms. The van der Waals surface area contributed by atoms with Crippen LogP contribution in [0.3, 0.4) is 0 Å². The molecule has 1 atom stereocenters. The maximum absolute atomic E-state index is 15.0. The Morgan fingerprint density at radius 3 is 2.46 bits per heavy atom. The first-order valence-corrected chi connectivity index (χ1v) is 14.6. The average molecular weight is 561 g/mol. The highest BCUT2D eigenvalue weighted by Crippen LogP contribution is 2.37. The second-order valence-corrected chi connectivity index (χ2v) is 12.0. The smallest absolute Gasteiger partial charge is 0.288 e. The van der Waals surface area contributed by atoms with E-state index in [2.05, 4.69) is 32.8 Å². The molecular weight excluding hydrogens is 529 g/mol. The van der Waals surface area contributed by atoms with Gasteiger partial charge in [-0.1, -0.05) is 6.07 Å². The standard InChI is InChI=1S/C27H31F3N6O2S/c1-35-12-10-18(11-13-35)32-22-4-3-5-24-21(22)15-25(36(24)27(30)26(28)29)23-14-19(33-34-23)16-31-17-6-8-20(9-7-17)39(2,37)38/h3-9,14-15,18,26-27,31-32H,10-13,16H2,1-2H3,(H,33,34). The Morgan fingerprint density at radius 2 is 1.79 bits per heavy atom. The fourth-order valence-corrected chi connectivity index (χ4v) is 5.56. The van der Waals surface area contributed by atoms with Crippen LogP contribution in [0.4, 0.5) is 24.5 Å². The van der Waals surface area contributed by atoms with E-state index in [-0.39, 0.29) is 16.6 Å². The summed E-state index contributed by atoms with van der Waals surface area (Å²) in [5.41, 5.74) is 3.06. The van der Waals surface area contributed by atoms with E-state index in [0.717, 1.165) is 42.4 Å². The van der Waals surface area contributed by atoms with Crippen LogP contribution < -0.4 is 10.6 Å². The van der Waals surface area contributed by atoms with Crippen molar-refractivity contribution in [2.45, 2.75) is 43.0 Å². The number of likely N-dealkylation sites (tertiary alicyclic amines) is 1. The van der Waals surface area contributed by atoms with Crippen molar-refractivity contribution in [3.05, 3.63) is 60.3 Å². The van der Waals surface area contributed by atoms with Gasteiger partial charge in [0.2, 0.25) is 6.30 Å². The van der Waals surface area contributed by atoms with Gasteiger partial charge in [0.25, 0.3) is 6.43 Å². The number of anilines is 2. The molecule has 0 aliphatic carbocycles. The summed E-state index contributed by atoms with van der Waals surface area (Å²) in [6.07, 6.45) is -2.70. The number of fused-ring (bicyclic) bond motifs is 1. The molecule has 208 valence electrons. The monoisotopic (exact) mass is 560 g/mol. The van der Waals surface area contributed by atoms with Gasteiger partial charge in [-0.2, -0.15) is 5.10 Å². The van der Waals surface area contributed by atoms with Crippen LogP contribution in [0.25, 0.3) is 22.3 Å². The Bertz CT molecular complexity index is 1540. The number of piperidine rings is 1. The number of hydrogen-bond donors (Lipinski definition) is 3. The van der Waals surface area contributed by atoms with Gasteiger partial charge < -0.3 is 20.1 Å². The molecule has 39 heavy (non-hydrogen) atoms. The van der Waals surface area contributed by atoms with Crippen LogP contribution in [0.5, 0.6) is 0 Å². The van der Waals surface area contributed by atoms with Crippen LogP contribution in [-0.2, 0) is 16.4 Å². The molecule has 3 N–H and O–H groups in total. The predicted molar refractivity (Wildman–Crippen MR) is 147 cm³/mol. The quantitative estimate of drug-likeness (QED) is 0.258. The molecule has 1 unspecified atom stereocenters. The number of alkyl halides is 3. The number of halogens is 3. The van der Waals surface area contributed by atoms with Crippen molar-refractivity contribution in [1.82, 2.24) is 19.7 Å². The molecule has 1 fully saturated rings. The molecule has 1 aliphatic heterocycles. The highest BCUT2D eigenvalue weighted by atomic mass is 32.2. The molecule has 2 aromatic heterocycles. The van der Waals surface area contributed by atoms with E-state index in [1.54, 1.807) is 36.4 Å². The molecule has 12 heteroatoms. The zero-order valence-electron chi connectivity index (χ0n) is 21.7. The van der Waals surface area contributed by atoms with Gasteiger partial charge in [0.1, 0.15) is 5.69 Å². The van der Waals surface area contributed by atoms with Crippen molar-refractivity contribution in [1.29, 1.82) is 0 Å². The summed E-state index contributed by atoms with van der Waals surface area (Å²) in [4.78, 5) is 2.48. The van der Waals surface area contributed by atoms with Crippen molar-refractivity contribution in [2.75, 3.05) is 37.0 Å². The highest BCUT2D eigenvalue weighted by Gasteiger charge is 2.28. The fraction of sp³-hybridized carbons (Fsp3) is 0.370. The predicted octanol–water partition coefficient (Wildman–Crippen LogP) is 5.29. The Morgan fingerprint density at radius 1 is 1.08 bits per heavy atom. The molecule has 0 bridgehead atoms. The molecule has 1 aliphatic rings. The van der Waals surface area contributed by atoms with E-state index in [4.69, 9.17) is 0 Å². The average Bonchev–Trinajstić information content (AvgIpc) is 3.53. The molecule has 0 saturated carbocycles. The van der Waals surface area contributed by atoms with Gasteiger partial charge in [-0.05, 0) is 81.5 Å². The highest BCUT2D eigenvalue weighted by molar-refractivity contribution is 7.90. The third kappa shape index (κ3) is 5.91. The van der Waals surface area contributed by atoms with E-state index >= 15 is 0 Å². The second-order valence-electron chi connectivity index (χ2n) is 10.00. The molecule has 3 heterocycles. The summed E-state index contributed by atoms with van der Waals surface area (Å²) in [5, 5.41) is 14.5. The van der Waals surface area contributed by atoms with Gasteiger partial charge in [-0.25, -0.2) is 21.6 Å². The van der Waals surface area contributed by atoms with E-state index in [0.29, 0.717) is 34.5 Å². The van der Waals surface area contributed by atoms with Gasteiger partial charge >= 0.3 is 0 Å². The summed E-state index contributed by atoms with van der Waals surface area (Å²) >= 11 is 0. The number of hydrogen-bond acceptors (Lipinski definition) is 6. The van der Waals surface area contributed by atoms with Crippen LogP contribution in [-0.4, -0.2) is 66.9 Å². The maximum Gasteiger partial charge on any atom is 0.288 e. The minimum Gasteiger partial charge on any atom is -0.382 e. The summed E-state index contributed by atoms with van der Waals surface area (Å²) < 4.78 is 66.6. The largest absolute Gasteiger partial charge is 0.382 e. The van der Waals surface area contributed by atoms with Crippen LogP contribution in [0.15, 0.2) is 59.5 Å². The molecule has 0 amide bonds. The zero-order valence-corrected chi connectivity index (χ0v) is 22.5. The van der Waals surface area contributed by atoms with Gasteiger partial charge in [-0.15, -0.1) is 0 Å². The normalized spacial score (nSPS) is 16.2. The Hall–Kier alpha value is -3.51.